The van der Waals surface area contributed by atoms with E-state index in [0.717, 1.165) is 31.7 Å². The van der Waals surface area contributed by atoms with Crippen LogP contribution in [-0.4, -0.2) is 56.7 Å². The number of hydrogen-bond donors (Lipinski definition) is 2. The summed E-state index contributed by atoms with van der Waals surface area (Å²) in [6.07, 6.45) is 0. The number of benzene rings is 2. The van der Waals surface area contributed by atoms with Crippen molar-refractivity contribution in [2.45, 2.75) is 13.0 Å². The molecule has 0 saturated carbocycles. The highest BCUT2D eigenvalue weighted by atomic mass is 35.5. The molecule has 2 heterocycles. The lowest BCUT2D eigenvalue weighted by atomic mass is 9.95. The Morgan fingerprint density at radius 2 is 1.84 bits per heavy atom. The van der Waals surface area contributed by atoms with Gasteiger partial charge >= 0.3 is 12.0 Å². The second kappa shape index (κ2) is 9.63. The Labute approximate surface area is 193 Å². The molecule has 2 amide bonds. The molecule has 0 unspecified atom stereocenters. The Hall–Kier alpha value is -3.03. The minimum atomic E-state index is -0.626. The first-order valence-corrected chi connectivity index (χ1v) is 11.0. The molecule has 2 aromatic carbocycles. The number of rotatable bonds is 5. The molecule has 8 heteroatoms. The minimum absolute atomic E-state index is 0.351. The molecule has 2 N–H and O–H groups in total. The second-order valence-corrected chi connectivity index (χ2v) is 8.51. The topological polar surface area (TPSA) is 73.9 Å². The van der Waals surface area contributed by atoms with Crippen LogP contribution in [0.2, 0.25) is 5.02 Å². The fourth-order valence-corrected chi connectivity index (χ4v) is 4.37. The molecular formula is C24H27ClN4O3. The maximum Gasteiger partial charge on any atom is 0.338 e. The van der Waals surface area contributed by atoms with Crippen molar-refractivity contribution in [1.29, 1.82) is 0 Å². The van der Waals surface area contributed by atoms with Crippen LogP contribution in [0.15, 0.2) is 59.8 Å². The lowest BCUT2D eigenvalue weighted by Gasteiger charge is -2.38. The Balaban J connectivity index is 1.54. The van der Waals surface area contributed by atoms with Crippen LogP contribution in [0.5, 0.6) is 0 Å². The first-order valence-electron chi connectivity index (χ1n) is 10.6. The molecule has 7 nitrogen and oxygen atoms in total. The number of piperazine rings is 1. The Morgan fingerprint density at radius 3 is 2.50 bits per heavy atom. The van der Waals surface area contributed by atoms with Crippen LogP contribution in [0.3, 0.4) is 0 Å². The first kappa shape index (κ1) is 22.2. The summed E-state index contributed by atoms with van der Waals surface area (Å²) in [5.74, 6) is -0.476. The predicted molar refractivity (Wildman–Crippen MR) is 125 cm³/mol. The SMILES string of the molecule is COC(=O)C1=C(CN2CCN(c3ccc(C)cc3)CC2)NC(=O)N[C@@H]1c1cccc(Cl)c1. The van der Waals surface area contributed by atoms with Crippen molar-refractivity contribution in [3.8, 4) is 0 Å². The number of ether oxygens (including phenoxy) is 1. The number of hydrogen-bond acceptors (Lipinski definition) is 5. The number of urea groups is 1. The Kier molecular flexibility index (Phi) is 6.67. The van der Waals surface area contributed by atoms with Crippen LogP contribution in [0, 0.1) is 6.92 Å². The van der Waals surface area contributed by atoms with Crippen molar-refractivity contribution in [2.24, 2.45) is 0 Å². The van der Waals surface area contributed by atoms with Crippen molar-refractivity contribution in [3.05, 3.63) is 76.0 Å². The van der Waals surface area contributed by atoms with E-state index in [1.165, 1.54) is 18.4 Å². The molecule has 2 aliphatic rings. The number of aryl methyl sites for hydroxylation is 1. The van der Waals surface area contributed by atoms with Gasteiger partial charge in [-0.15, -0.1) is 0 Å². The number of nitrogens with one attached hydrogen (secondary N) is 2. The summed E-state index contributed by atoms with van der Waals surface area (Å²) in [4.78, 5) is 29.8. The van der Waals surface area contributed by atoms with Crippen LogP contribution >= 0.6 is 11.6 Å². The summed E-state index contributed by atoms with van der Waals surface area (Å²) in [5, 5.41) is 6.20. The van der Waals surface area contributed by atoms with Crippen molar-refractivity contribution in [2.75, 3.05) is 44.7 Å². The van der Waals surface area contributed by atoms with Crippen molar-refractivity contribution in [3.63, 3.8) is 0 Å². The average Bonchev–Trinajstić information content (AvgIpc) is 2.79. The number of esters is 1. The van der Waals surface area contributed by atoms with E-state index in [9.17, 15) is 9.59 Å². The van der Waals surface area contributed by atoms with Gasteiger partial charge in [-0.1, -0.05) is 41.4 Å². The number of anilines is 1. The molecule has 4 rings (SSSR count). The first-order chi connectivity index (χ1) is 15.4. The average molecular weight is 455 g/mol. The maximum absolute atomic E-state index is 12.7. The predicted octanol–water partition coefficient (Wildman–Crippen LogP) is 3.25. The Morgan fingerprint density at radius 1 is 1.12 bits per heavy atom. The summed E-state index contributed by atoms with van der Waals surface area (Å²) >= 11 is 6.15. The molecular weight excluding hydrogens is 428 g/mol. The lowest BCUT2D eigenvalue weighted by molar-refractivity contribution is -0.136. The summed E-state index contributed by atoms with van der Waals surface area (Å²) in [7, 11) is 1.35. The van der Waals surface area contributed by atoms with Gasteiger partial charge in [0.1, 0.15) is 0 Å². The molecule has 0 radical (unpaired) electrons. The summed E-state index contributed by atoms with van der Waals surface area (Å²) < 4.78 is 5.06. The molecule has 0 bridgehead atoms. The van der Waals surface area contributed by atoms with E-state index in [2.05, 4.69) is 51.6 Å². The number of carbonyl (C=O) groups excluding carboxylic acids is 2. The number of carbonyl (C=O) groups is 2. The van der Waals surface area contributed by atoms with Gasteiger partial charge in [-0.3, -0.25) is 4.90 Å². The van der Waals surface area contributed by atoms with E-state index >= 15 is 0 Å². The van der Waals surface area contributed by atoms with Gasteiger partial charge < -0.3 is 20.3 Å². The summed E-state index contributed by atoms with van der Waals surface area (Å²) in [5.41, 5.74) is 4.14. The molecule has 1 fully saturated rings. The van der Waals surface area contributed by atoms with Crippen LogP contribution in [0.1, 0.15) is 17.2 Å². The van der Waals surface area contributed by atoms with Crippen LogP contribution in [0.4, 0.5) is 10.5 Å². The zero-order valence-electron chi connectivity index (χ0n) is 18.2. The standard InChI is InChI=1S/C24H27ClN4O3/c1-16-6-8-19(9-7-16)29-12-10-28(11-13-29)15-20-21(23(30)32-2)22(27-24(31)26-20)17-4-3-5-18(25)14-17/h3-9,14,22H,10-13,15H2,1-2H3,(H2,26,27,31)/t22-/m1/s1. The molecule has 1 saturated heterocycles. The normalized spacial score (nSPS) is 19.4. The molecule has 0 aromatic heterocycles. The van der Waals surface area contributed by atoms with E-state index in [-0.39, 0.29) is 6.03 Å². The van der Waals surface area contributed by atoms with E-state index in [4.69, 9.17) is 16.3 Å². The minimum Gasteiger partial charge on any atom is -0.466 e. The van der Waals surface area contributed by atoms with E-state index in [0.29, 0.717) is 22.8 Å². The van der Waals surface area contributed by atoms with Gasteiger partial charge in [0.2, 0.25) is 0 Å². The third-order valence-corrected chi connectivity index (χ3v) is 6.13. The van der Waals surface area contributed by atoms with Crippen molar-refractivity contribution < 1.29 is 14.3 Å². The quantitative estimate of drug-likeness (QED) is 0.678. The highest BCUT2D eigenvalue weighted by Gasteiger charge is 2.34. The fraction of sp³-hybridized carbons (Fsp3) is 0.333. The van der Waals surface area contributed by atoms with Gasteiger partial charge in [0.15, 0.2) is 0 Å². The third kappa shape index (κ3) is 4.89. The highest BCUT2D eigenvalue weighted by molar-refractivity contribution is 6.30. The summed E-state index contributed by atoms with van der Waals surface area (Å²) in [6, 6.07) is 14.7. The van der Waals surface area contributed by atoms with Gasteiger partial charge in [0.25, 0.3) is 0 Å². The maximum atomic E-state index is 12.7. The molecule has 0 spiro atoms. The molecule has 32 heavy (non-hydrogen) atoms. The molecule has 2 aromatic rings. The Bertz CT molecular complexity index is 1030. The van der Waals surface area contributed by atoms with Crippen LogP contribution in [0.25, 0.3) is 0 Å². The number of nitrogens with zero attached hydrogens (tertiary/aromatic N) is 2. The van der Waals surface area contributed by atoms with Gasteiger partial charge in [0.05, 0.1) is 18.7 Å². The summed E-state index contributed by atoms with van der Waals surface area (Å²) in [6.45, 7) is 5.91. The smallest absolute Gasteiger partial charge is 0.338 e. The number of halogens is 1. The van der Waals surface area contributed by atoms with E-state index in [1.807, 2.05) is 6.07 Å². The van der Waals surface area contributed by atoms with Gasteiger partial charge in [0, 0.05) is 49.1 Å². The number of methoxy groups -OCH3 is 1. The monoisotopic (exact) mass is 454 g/mol. The number of amides is 2. The fourth-order valence-electron chi connectivity index (χ4n) is 4.17. The molecule has 2 aliphatic heterocycles. The van der Waals surface area contributed by atoms with Crippen molar-refractivity contribution >= 4 is 29.3 Å². The van der Waals surface area contributed by atoms with E-state index < -0.39 is 12.0 Å². The third-order valence-electron chi connectivity index (χ3n) is 5.89. The van der Waals surface area contributed by atoms with E-state index in [1.54, 1.807) is 18.2 Å². The largest absolute Gasteiger partial charge is 0.466 e. The van der Waals surface area contributed by atoms with Crippen molar-refractivity contribution in [1.82, 2.24) is 15.5 Å². The zero-order valence-corrected chi connectivity index (χ0v) is 19.0. The lowest BCUT2D eigenvalue weighted by Crippen LogP contribution is -2.51. The van der Waals surface area contributed by atoms with Gasteiger partial charge in [-0.2, -0.15) is 0 Å². The van der Waals surface area contributed by atoms with Crippen LogP contribution in [-0.2, 0) is 9.53 Å². The highest BCUT2D eigenvalue weighted by Crippen LogP contribution is 2.29. The zero-order chi connectivity index (χ0) is 22.7. The van der Waals surface area contributed by atoms with Crippen LogP contribution < -0.4 is 15.5 Å². The van der Waals surface area contributed by atoms with Gasteiger partial charge in [-0.25, -0.2) is 9.59 Å². The second-order valence-electron chi connectivity index (χ2n) is 8.07. The molecule has 0 aliphatic carbocycles. The molecule has 1 atom stereocenters. The van der Waals surface area contributed by atoms with Gasteiger partial charge in [-0.05, 0) is 36.8 Å². The molecule has 168 valence electrons.